The molecule has 2 aliphatic carbocycles. The number of aromatic amines is 1. The number of aryl methyl sites for hydroxylation is 1. The maximum Gasteiger partial charge on any atom is 0.416 e. The van der Waals surface area contributed by atoms with Crippen molar-refractivity contribution in [2.45, 2.75) is 35.7 Å². The third-order valence-electron chi connectivity index (χ3n) is 10.2. The quantitative estimate of drug-likeness (QED) is 0.201. The number of carbonyl (C=O) groups is 3. The lowest BCUT2D eigenvalue weighted by Crippen LogP contribution is -2.42. The van der Waals surface area contributed by atoms with Crippen LogP contribution in [-0.4, -0.2) is 34.6 Å². The molecule has 14 heteroatoms. The summed E-state index contributed by atoms with van der Waals surface area (Å²) in [4.78, 5) is 58.2. The lowest BCUT2D eigenvalue weighted by molar-refractivity contribution is -0.137. The zero-order valence-corrected chi connectivity index (χ0v) is 28.8. The van der Waals surface area contributed by atoms with E-state index in [-0.39, 0.29) is 46.1 Å². The van der Waals surface area contributed by atoms with E-state index in [1.165, 1.54) is 23.9 Å². The molecule has 2 bridgehead atoms. The number of nitrogens with zero attached hydrogens (tertiary/aromatic N) is 1. The number of H-pyrrole nitrogens is 1. The monoisotopic (exact) mass is 769 g/mol. The number of aromatic nitrogens is 1. The van der Waals surface area contributed by atoms with Gasteiger partial charge in [0.1, 0.15) is 5.75 Å². The van der Waals surface area contributed by atoms with Gasteiger partial charge in [0.05, 0.1) is 28.1 Å². The lowest BCUT2D eigenvalue weighted by Gasteiger charge is -2.43. The normalized spacial score (nSPS) is 26.8. The van der Waals surface area contributed by atoms with Gasteiger partial charge in [-0.25, -0.2) is 0 Å². The molecule has 7 atom stereocenters. The Kier molecular flexibility index (Phi) is 7.83. The number of halogens is 4. The van der Waals surface area contributed by atoms with Crippen LogP contribution in [0.2, 0.25) is 0 Å². The molecule has 1 aromatic heterocycles. The number of carbonyl (C=O) groups excluding carboxylic acids is 3. The number of benzene rings is 3. The largest absolute Gasteiger partial charge is 0.483 e. The molecule has 0 radical (unpaired) electrons. The van der Waals surface area contributed by atoms with Crippen LogP contribution in [-0.2, 0) is 20.6 Å². The summed E-state index contributed by atoms with van der Waals surface area (Å²) in [5, 5.41) is 3.42. The van der Waals surface area contributed by atoms with Crippen LogP contribution in [0.15, 0.2) is 81.0 Å². The first-order chi connectivity index (χ1) is 23.4. The van der Waals surface area contributed by atoms with Crippen LogP contribution in [0.3, 0.4) is 0 Å². The Balaban J connectivity index is 1.14. The number of rotatable bonds is 6. The lowest BCUT2D eigenvalue weighted by atomic mass is 9.68. The molecule has 3 heterocycles. The molecule has 4 unspecified atom stereocenters. The summed E-state index contributed by atoms with van der Waals surface area (Å²) in [6, 6.07) is 17.2. The van der Waals surface area contributed by atoms with Crippen molar-refractivity contribution in [3.63, 3.8) is 0 Å². The summed E-state index contributed by atoms with van der Waals surface area (Å²) >= 11 is 6.17. The summed E-state index contributed by atoms with van der Waals surface area (Å²) in [7, 11) is 0. The number of amides is 3. The van der Waals surface area contributed by atoms with Gasteiger partial charge in [0.2, 0.25) is 11.8 Å². The molecule has 252 valence electrons. The van der Waals surface area contributed by atoms with Crippen LogP contribution in [0, 0.1) is 36.5 Å². The standard InChI is InChI=1S/C35H27BrF3N3O5S2/c1-15-5-2-3-8-22(15)40-24(43)14-47-23-10-9-17(36)12-19(23)25-26-20-13-21(29(26)48-31-30(25)49-34(46)41-31)28-27(20)32(44)42(33(28)45)18-7-4-6-16(11-18)35(37,38)39/h2-12,20-21,25-29H,13-14H2,1H3,(H,40,43)(H,41,46)/t20-,21-,25-,26?,27?,28?,29?/m1/s1. The van der Waals surface area contributed by atoms with Crippen molar-refractivity contribution in [1.82, 2.24) is 4.98 Å². The van der Waals surface area contributed by atoms with E-state index in [4.69, 9.17) is 4.74 Å². The molecule has 1 saturated heterocycles. The van der Waals surface area contributed by atoms with Crippen LogP contribution >= 0.6 is 39.0 Å². The number of ether oxygens (including phenoxy) is 1. The summed E-state index contributed by atoms with van der Waals surface area (Å²) in [5.74, 6) is -3.34. The van der Waals surface area contributed by atoms with Gasteiger partial charge in [-0.3, -0.25) is 24.1 Å². The molecular weight excluding hydrogens is 743 g/mol. The number of thiazole rings is 1. The van der Waals surface area contributed by atoms with E-state index in [1.807, 2.05) is 31.2 Å². The molecule has 4 aliphatic rings. The maximum atomic E-state index is 14.1. The Morgan fingerprint density at radius 2 is 1.78 bits per heavy atom. The molecule has 8 rings (SSSR count). The van der Waals surface area contributed by atoms with Crippen LogP contribution in [0.1, 0.15) is 33.9 Å². The number of alkyl halides is 3. The van der Waals surface area contributed by atoms with Gasteiger partial charge >= 0.3 is 11.0 Å². The van der Waals surface area contributed by atoms with Crippen LogP contribution < -0.4 is 19.8 Å². The van der Waals surface area contributed by atoms with Gasteiger partial charge in [-0.1, -0.05) is 51.5 Å². The van der Waals surface area contributed by atoms with E-state index >= 15 is 0 Å². The van der Waals surface area contributed by atoms with E-state index in [2.05, 4.69) is 26.2 Å². The number of para-hydroxylation sites is 1. The Labute approximate surface area is 294 Å². The Morgan fingerprint density at radius 3 is 2.53 bits per heavy atom. The highest BCUT2D eigenvalue weighted by Gasteiger charge is 2.70. The molecule has 3 amide bonds. The fourth-order valence-electron chi connectivity index (χ4n) is 8.38. The summed E-state index contributed by atoms with van der Waals surface area (Å²) in [5.41, 5.74) is 1.30. The molecule has 3 fully saturated rings. The van der Waals surface area contributed by atoms with Gasteiger partial charge in [-0.05, 0) is 79.1 Å². The van der Waals surface area contributed by atoms with Gasteiger partial charge in [0.25, 0.3) is 5.91 Å². The summed E-state index contributed by atoms with van der Waals surface area (Å²) in [6.07, 6.45) is -4.03. The van der Waals surface area contributed by atoms with Gasteiger partial charge in [0.15, 0.2) is 6.61 Å². The number of imide groups is 1. The number of fused-ring (bicyclic) bond motifs is 9. The van der Waals surface area contributed by atoms with Gasteiger partial charge in [-0.2, -0.15) is 13.2 Å². The molecule has 2 saturated carbocycles. The van der Waals surface area contributed by atoms with Crippen molar-refractivity contribution in [2.24, 2.45) is 29.6 Å². The second-order valence-electron chi connectivity index (χ2n) is 12.9. The Hall–Kier alpha value is -3.88. The fraction of sp³-hybridized carbons (Fsp3) is 0.314. The third kappa shape index (κ3) is 5.34. The van der Waals surface area contributed by atoms with Crippen molar-refractivity contribution in [3.05, 3.63) is 102 Å². The van der Waals surface area contributed by atoms with Crippen molar-refractivity contribution in [3.8, 4) is 5.75 Å². The minimum absolute atomic E-state index is 0.0825. The number of hydrogen-bond acceptors (Lipinski definition) is 7. The smallest absolute Gasteiger partial charge is 0.416 e. The van der Waals surface area contributed by atoms with Gasteiger partial charge < -0.3 is 15.0 Å². The molecule has 2 aliphatic heterocycles. The number of hydrogen-bond donors (Lipinski definition) is 2. The van der Waals surface area contributed by atoms with Crippen molar-refractivity contribution in [2.75, 3.05) is 16.8 Å². The topological polar surface area (TPSA) is 109 Å². The molecule has 3 aromatic carbocycles. The van der Waals surface area contributed by atoms with Crippen LogP contribution in [0.5, 0.6) is 5.75 Å². The van der Waals surface area contributed by atoms with Gasteiger partial charge in [0, 0.05) is 31.8 Å². The minimum atomic E-state index is -4.63. The second kappa shape index (κ2) is 11.9. The molecule has 8 nitrogen and oxygen atoms in total. The van der Waals surface area contributed by atoms with E-state index in [0.717, 1.165) is 48.8 Å². The average Bonchev–Trinajstić information content (AvgIpc) is 3.80. The fourth-order valence-corrected chi connectivity index (χ4v) is 11.6. The molecule has 2 N–H and O–H groups in total. The SMILES string of the molecule is Cc1ccccc1NC(=O)COc1ccc(Br)cc1[C@H]1c2sc(=O)[nH]c2SC2C1[C@H]1C[C@@H]2C2C(=O)N(c3cccc(C(F)(F)F)c3)C(=O)C21. The minimum Gasteiger partial charge on any atom is -0.483 e. The predicted octanol–water partition coefficient (Wildman–Crippen LogP) is 7.22. The summed E-state index contributed by atoms with van der Waals surface area (Å²) < 4.78 is 47.6. The predicted molar refractivity (Wildman–Crippen MR) is 182 cm³/mol. The molecule has 0 spiro atoms. The number of thioether (sulfide) groups is 1. The Morgan fingerprint density at radius 1 is 1.02 bits per heavy atom. The highest BCUT2D eigenvalue weighted by molar-refractivity contribution is 9.10. The number of nitrogens with one attached hydrogen (secondary N) is 2. The average molecular weight is 771 g/mol. The van der Waals surface area contributed by atoms with Crippen molar-refractivity contribution >= 4 is 68.1 Å². The zero-order chi connectivity index (χ0) is 34.4. The van der Waals surface area contributed by atoms with Crippen LogP contribution in [0.25, 0.3) is 0 Å². The highest BCUT2D eigenvalue weighted by atomic mass is 79.9. The van der Waals surface area contributed by atoms with Crippen molar-refractivity contribution < 1.29 is 32.3 Å². The molecule has 49 heavy (non-hydrogen) atoms. The van der Waals surface area contributed by atoms with Crippen LogP contribution in [0.4, 0.5) is 24.5 Å². The molecule has 4 aromatic rings. The maximum absolute atomic E-state index is 14.1. The van der Waals surface area contributed by atoms with E-state index < -0.39 is 41.3 Å². The first kappa shape index (κ1) is 32.3. The third-order valence-corrected chi connectivity index (χ3v) is 13.3. The Bertz CT molecular complexity index is 2100. The highest BCUT2D eigenvalue weighted by Crippen LogP contribution is 2.69. The van der Waals surface area contributed by atoms with Gasteiger partial charge in [-0.15, -0.1) is 11.8 Å². The van der Waals surface area contributed by atoms with E-state index in [1.54, 1.807) is 18.2 Å². The van der Waals surface area contributed by atoms with Crippen molar-refractivity contribution in [1.29, 1.82) is 0 Å². The zero-order valence-electron chi connectivity index (χ0n) is 25.6. The summed E-state index contributed by atoms with van der Waals surface area (Å²) in [6.45, 7) is 1.62. The first-order valence-electron chi connectivity index (χ1n) is 15.6. The van der Waals surface area contributed by atoms with E-state index in [0.29, 0.717) is 22.9 Å². The number of anilines is 2. The van der Waals surface area contributed by atoms with E-state index in [9.17, 15) is 32.3 Å². The second-order valence-corrected chi connectivity index (χ2v) is 16.0. The molecular formula is C35H27BrF3N3O5S2. The first-order valence-corrected chi connectivity index (χ1v) is 18.1.